The van der Waals surface area contributed by atoms with E-state index in [0.717, 1.165) is 23.3 Å². The van der Waals surface area contributed by atoms with Crippen LogP contribution in [0.3, 0.4) is 0 Å². The molecule has 0 unspecified atom stereocenters. The molecule has 0 spiro atoms. The fourth-order valence-corrected chi connectivity index (χ4v) is 2.25. The first-order valence-corrected chi connectivity index (χ1v) is 8.48. The van der Waals surface area contributed by atoms with Gasteiger partial charge in [-0.05, 0) is 56.2 Å². The normalized spacial score (nSPS) is 11.5. The first kappa shape index (κ1) is 21.0. The van der Waals surface area contributed by atoms with Crippen molar-refractivity contribution in [3.8, 4) is 0 Å². The number of ether oxygens (including phenoxy) is 1. The molecule has 2 N–H and O–H groups in total. The zero-order valence-electron chi connectivity index (χ0n) is 15.6. The van der Waals surface area contributed by atoms with E-state index in [2.05, 4.69) is 10.6 Å². The maximum atomic E-state index is 13.6. The standard InChI is InChI=1S/C20H20F2N2O4/c1-11-4-5-14(8-12(11)2)20(27)23-10-18(25)28-13(3)19(26)24-17-7-6-15(21)9-16(17)22/h4-9,13H,10H2,1-3H3,(H,23,27)(H,24,26)/t13-/m1/s1. The number of aryl methyl sites for hydroxylation is 2. The number of benzene rings is 2. The fourth-order valence-electron chi connectivity index (χ4n) is 2.25. The van der Waals surface area contributed by atoms with Crippen LogP contribution in [-0.2, 0) is 14.3 Å². The van der Waals surface area contributed by atoms with Crippen LogP contribution in [0.4, 0.5) is 14.5 Å². The van der Waals surface area contributed by atoms with Gasteiger partial charge in [0.1, 0.15) is 18.2 Å². The molecular weight excluding hydrogens is 370 g/mol. The second-order valence-corrected chi connectivity index (χ2v) is 6.23. The van der Waals surface area contributed by atoms with Crippen molar-refractivity contribution in [3.63, 3.8) is 0 Å². The maximum Gasteiger partial charge on any atom is 0.326 e. The molecule has 0 aliphatic rings. The Morgan fingerprint density at radius 2 is 1.75 bits per heavy atom. The van der Waals surface area contributed by atoms with Crippen LogP contribution in [0.2, 0.25) is 0 Å². The molecule has 0 saturated heterocycles. The number of carbonyl (C=O) groups is 3. The quantitative estimate of drug-likeness (QED) is 0.743. The highest BCUT2D eigenvalue weighted by molar-refractivity contribution is 5.97. The highest BCUT2D eigenvalue weighted by Crippen LogP contribution is 2.15. The molecule has 6 nitrogen and oxygen atoms in total. The van der Waals surface area contributed by atoms with E-state index in [-0.39, 0.29) is 5.69 Å². The van der Waals surface area contributed by atoms with Crippen molar-refractivity contribution in [2.45, 2.75) is 26.9 Å². The van der Waals surface area contributed by atoms with Crippen LogP contribution in [0.1, 0.15) is 28.4 Å². The SMILES string of the molecule is Cc1ccc(C(=O)NCC(=O)O[C@H](C)C(=O)Nc2ccc(F)cc2F)cc1C. The minimum Gasteiger partial charge on any atom is -0.451 e. The van der Waals surface area contributed by atoms with Gasteiger partial charge in [-0.1, -0.05) is 6.07 Å². The molecule has 0 aromatic heterocycles. The third-order valence-corrected chi connectivity index (χ3v) is 4.03. The lowest BCUT2D eigenvalue weighted by Crippen LogP contribution is -2.36. The Hall–Kier alpha value is -3.29. The summed E-state index contributed by atoms with van der Waals surface area (Å²) in [5, 5.41) is 4.61. The number of hydrogen-bond acceptors (Lipinski definition) is 4. The summed E-state index contributed by atoms with van der Waals surface area (Å²) in [6, 6.07) is 7.79. The van der Waals surface area contributed by atoms with Gasteiger partial charge >= 0.3 is 5.97 Å². The van der Waals surface area contributed by atoms with Crippen molar-refractivity contribution in [1.29, 1.82) is 0 Å². The molecule has 0 aliphatic carbocycles. The van der Waals surface area contributed by atoms with Gasteiger partial charge in [-0.2, -0.15) is 0 Å². The molecule has 148 valence electrons. The molecule has 0 saturated carbocycles. The Morgan fingerprint density at radius 1 is 1.04 bits per heavy atom. The van der Waals surface area contributed by atoms with Crippen LogP contribution in [0.15, 0.2) is 36.4 Å². The zero-order valence-corrected chi connectivity index (χ0v) is 15.6. The number of rotatable bonds is 6. The number of halogens is 2. The molecule has 0 aliphatic heterocycles. The fraction of sp³-hybridized carbons (Fsp3) is 0.250. The van der Waals surface area contributed by atoms with E-state index >= 15 is 0 Å². The third kappa shape index (κ3) is 5.60. The van der Waals surface area contributed by atoms with E-state index in [4.69, 9.17) is 4.74 Å². The molecule has 2 rings (SSSR count). The van der Waals surface area contributed by atoms with Gasteiger partial charge in [-0.15, -0.1) is 0 Å². The van der Waals surface area contributed by atoms with Gasteiger partial charge in [0.25, 0.3) is 11.8 Å². The largest absolute Gasteiger partial charge is 0.451 e. The van der Waals surface area contributed by atoms with E-state index in [0.29, 0.717) is 11.6 Å². The highest BCUT2D eigenvalue weighted by atomic mass is 19.1. The summed E-state index contributed by atoms with van der Waals surface area (Å²) >= 11 is 0. The first-order valence-electron chi connectivity index (χ1n) is 8.48. The Kier molecular flexibility index (Phi) is 6.81. The molecular formula is C20H20F2N2O4. The smallest absolute Gasteiger partial charge is 0.326 e. The number of esters is 1. The molecule has 0 radical (unpaired) electrons. The summed E-state index contributed by atoms with van der Waals surface area (Å²) in [7, 11) is 0. The van der Waals surface area contributed by atoms with Gasteiger partial charge in [-0.25, -0.2) is 8.78 Å². The second-order valence-electron chi connectivity index (χ2n) is 6.23. The lowest BCUT2D eigenvalue weighted by atomic mass is 10.1. The Bertz CT molecular complexity index is 915. The van der Waals surface area contributed by atoms with Gasteiger partial charge in [0.2, 0.25) is 0 Å². The molecule has 2 aromatic carbocycles. The molecule has 0 bridgehead atoms. The molecule has 28 heavy (non-hydrogen) atoms. The Balaban J connectivity index is 1.85. The first-order chi connectivity index (χ1) is 13.2. The van der Waals surface area contributed by atoms with E-state index < -0.39 is 42.1 Å². The molecule has 2 aromatic rings. The number of nitrogens with one attached hydrogen (secondary N) is 2. The van der Waals surface area contributed by atoms with E-state index in [1.54, 1.807) is 18.2 Å². The Labute approximate surface area is 160 Å². The van der Waals surface area contributed by atoms with Gasteiger partial charge in [0.15, 0.2) is 6.10 Å². The number of anilines is 1. The molecule has 0 fully saturated rings. The Morgan fingerprint density at radius 3 is 2.39 bits per heavy atom. The lowest BCUT2D eigenvalue weighted by Gasteiger charge is -2.14. The number of hydrogen-bond donors (Lipinski definition) is 2. The van der Waals surface area contributed by atoms with Crippen molar-refractivity contribution < 1.29 is 27.9 Å². The molecule has 1 atom stereocenters. The molecule has 0 heterocycles. The van der Waals surface area contributed by atoms with Crippen LogP contribution in [0, 0.1) is 25.5 Å². The summed E-state index contributed by atoms with van der Waals surface area (Å²) in [6.07, 6.45) is -1.24. The summed E-state index contributed by atoms with van der Waals surface area (Å²) in [6.45, 7) is 4.64. The second kappa shape index (κ2) is 9.07. The summed E-state index contributed by atoms with van der Waals surface area (Å²) in [5.74, 6) is -3.81. The summed E-state index contributed by atoms with van der Waals surface area (Å²) in [4.78, 5) is 35.9. The molecule has 2 amide bonds. The van der Waals surface area contributed by atoms with Gasteiger partial charge in [0.05, 0.1) is 5.69 Å². The van der Waals surface area contributed by atoms with Gasteiger partial charge in [-0.3, -0.25) is 14.4 Å². The molecule has 8 heteroatoms. The minimum atomic E-state index is -1.24. The van der Waals surface area contributed by atoms with Crippen molar-refractivity contribution in [2.24, 2.45) is 0 Å². The van der Waals surface area contributed by atoms with Crippen LogP contribution in [-0.4, -0.2) is 30.4 Å². The van der Waals surface area contributed by atoms with Gasteiger partial charge < -0.3 is 15.4 Å². The van der Waals surface area contributed by atoms with E-state index in [9.17, 15) is 23.2 Å². The van der Waals surface area contributed by atoms with Gasteiger partial charge in [0, 0.05) is 11.6 Å². The van der Waals surface area contributed by atoms with Crippen molar-refractivity contribution in [1.82, 2.24) is 5.32 Å². The van der Waals surface area contributed by atoms with Crippen LogP contribution >= 0.6 is 0 Å². The number of carbonyl (C=O) groups excluding carboxylic acids is 3. The van der Waals surface area contributed by atoms with Crippen molar-refractivity contribution >= 4 is 23.5 Å². The minimum absolute atomic E-state index is 0.239. The topological polar surface area (TPSA) is 84.5 Å². The highest BCUT2D eigenvalue weighted by Gasteiger charge is 2.20. The maximum absolute atomic E-state index is 13.6. The van der Waals surface area contributed by atoms with E-state index in [1.165, 1.54) is 6.92 Å². The van der Waals surface area contributed by atoms with Crippen LogP contribution in [0.5, 0.6) is 0 Å². The average molecular weight is 390 g/mol. The number of amides is 2. The predicted octanol–water partition coefficient (Wildman–Crippen LogP) is 2.88. The lowest BCUT2D eigenvalue weighted by molar-refractivity contribution is -0.152. The van der Waals surface area contributed by atoms with Crippen LogP contribution < -0.4 is 10.6 Å². The third-order valence-electron chi connectivity index (χ3n) is 4.03. The van der Waals surface area contributed by atoms with Crippen molar-refractivity contribution in [2.75, 3.05) is 11.9 Å². The average Bonchev–Trinajstić information content (AvgIpc) is 2.64. The monoisotopic (exact) mass is 390 g/mol. The predicted molar refractivity (Wildman–Crippen MR) is 98.8 cm³/mol. The summed E-state index contributed by atoms with van der Waals surface area (Å²) in [5.41, 5.74) is 2.13. The zero-order chi connectivity index (χ0) is 20.8. The van der Waals surface area contributed by atoms with Crippen molar-refractivity contribution in [3.05, 3.63) is 64.7 Å². The van der Waals surface area contributed by atoms with Crippen LogP contribution in [0.25, 0.3) is 0 Å². The van der Waals surface area contributed by atoms with E-state index in [1.807, 2.05) is 13.8 Å². The summed E-state index contributed by atoms with van der Waals surface area (Å²) < 4.78 is 31.3.